The number of fused-ring (bicyclic) bond motifs is 1. The molecule has 1 aromatic carbocycles. The molecule has 0 bridgehead atoms. The maximum atomic E-state index is 13.3. The Labute approximate surface area is 156 Å². The molecular formula is C21H31N3O2. The first-order valence-corrected chi connectivity index (χ1v) is 9.99. The van der Waals surface area contributed by atoms with Gasteiger partial charge in [-0.15, -0.1) is 0 Å². The van der Waals surface area contributed by atoms with Crippen LogP contribution in [0.2, 0.25) is 0 Å². The van der Waals surface area contributed by atoms with Crippen LogP contribution in [0.25, 0.3) is 0 Å². The number of benzene rings is 1. The fourth-order valence-electron chi connectivity index (χ4n) is 4.42. The zero-order valence-electron chi connectivity index (χ0n) is 15.9. The van der Waals surface area contributed by atoms with Crippen molar-refractivity contribution in [3.63, 3.8) is 0 Å². The van der Waals surface area contributed by atoms with Crippen LogP contribution in [0.3, 0.4) is 0 Å². The van der Waals surface area contributed by atoms with Crippen LogP contribution in [-0.2, 0) is 4.79 Å². The molecule has 1 saturated carbocycles. The summed E-state index contributed by atoms with van der Waals surface area (Å²) in [6.07, 6.45) is 7.16. The first-order valence-electron chi connectivity index (χ1n) is 9.99. The van der Waals surface area contributed by atoms with Gasteiger partial charge in [-0.3, -0.25) is 4.79 Å². The Hall–Kier alpha value is -2.04. The maximum absolute atomic E-state index is 13.3. The lowest BCUT2D eigenvalue weighted by molar-refractivity contribution is -0.140. The van der Waals surface area contributed by atoms with Gasteiger partial charge >= 0.3 is 6.03 Å². The Bertz CT molecular complexity index is 615. The SMILES string of the molecule is CC(C)[C@H](NC(=O)Nc1ccccc1)C(=O)N1CCC[C@@H]2CCCC[C@@H]21. The number of rotatable bonds is 4. The standard InChI is InChI=1S/C21H31N3O2/c1-15(2)19(23-21(26)22-17-11-4-3-5-12-17)20(25)24-14-8-10-16-9-6-7-13-18(16)24/h3-5,11-12,15-16,18-19H,6-10,13-14H2,1-2H3,(H2,22,23,26)/t16-,18-,19-/m0/s1. The fourth-order valence-corrected chi connectivity index (χ4v) is 4.42. The highest BCUT2D eigenvalue weighted by molar-refractivity contribution is 5.94. The molecule has 0 unspecified atom stereocenters. The van der Waals surface area contributed by atoms with E-state index in [1.807, 2.05) is 44.2 Å². The lowest BCUT2D eigenvalue weighted by Gasteiger charge is -2.45. The van der Waals surface area contributed by atoms with E-state index in [4.69, 9.17) is 0 Å². The summed E-state index contributed by atoms with van der Waals surface area (Å²) in [5.74, 6) is 0.778. The number of urea groups is 1. The third-order valence-electron chi connectivity index (χ3n) is 5.78. The number of carbonyl (C=O) groups is 2. The number of nitrogens with one attached hydrogen (secondary N) is 2. The molecule has 1 saturated heterocycles. The molecule has 3 atom stereocenters. The molecule has 26 heavy (non-hydrogen) atoms. The minimum atomic E-state index is -0.487. The summed E-state index contributed by atoms with van der Waals surface area (Å²) in [5.41, 5.74) is 0.727. The van der Waals surface area contributed by atoms with E-state index in [1.54, 1.807) is 0 Å². The van der Waals surface area contributed by atoms with E-state index in [1.165, 1.54) is 25.7 Å². The van der Waals surface area contributed by atoms with Crippen LogP contribution in [0.1, 0.15) is 52.4 Å². The zero-order valence-corrected chi connectivity index (χ0v) is 15.9. The predicted octanol–water partition coefficient (Wildman–Crippen LogP) is 4.01. The summed E-state index contributed by atoms with van der Waals surface area (Å²) >= 11 is 0. The van der Waals surface area contributed by atoms with Crippen molar-refractivity contribution in [2.45, 2.75) is 64.5 Å². The number of hydrogen-bond donors (Lipinski definition) is 2. The van der Waals surface area contributed by atoms with Gasteiger partial charge in [0.25, 0.3) is 0 Å². The van der Waals surface area contributed by atoms with Crippen molar-refractivity contribution in [2.24, 2.45) is 11.8 Å². The summed E-state index contributed by atoms with van der Waals surface area (Å²) < 4.78 is 0. The molecule has 1 aliphatic carbocycles. The molecule has 2 aliphatic rings. The van der Waals surface area contributed by atoms with Crippen molar-refractivity contribution in [1.82, 2.24) is 10.2 Å². The molecule has 0 radical (unpaired) electrons. The van der Waals surface area contributed by atoms with Crippen molar-refractivity contribution >= 4 is 17.6 Å². The Morgan fingerprint density at radius 2 is 1.73 bits per heavy atom. The number of anilines is 1. The van der Waals surface area contributed by atoms with Gasteiger partial charge in [-0.05, 0) is 49.7 Å². The second-order valence-corrected chi connectivity index (χ2v) is 7.97. The first kappa shape index (κ1) is 18.7. The molecule has 5 nitrogen and oxygen atoms in total. The highest BCUT2D eigenvalue weighted by atomic mass is 16.2. The van der Waals surface area contributed by atoms with Gasteiger partial charge in [-0.25, -0.2) is 4.79 Å². The van der Waals surface area contributed by atoms with Crippen molar-refractivity contribution < 1.29 is 9.59 Å². The Balaban J connectivity index is 1.66. The molecule has 1 aliphatic heterocycles. The van der Waals surface area contributed by atoms with Gasteiger partial charge in [0.05, 0.1) is 0 Å². The van der Waals surface area contributed by atoms with E-state index in [0.717, 1.165) is 25.1 Å². The molecule has 3 amide bonds. The van der Waals surface area contributed by atoms with Crippen molar-refractivity contribution in [3.8, 4) is 0 Å². The topological polar surface area (TPSA) is 61.4 Å². The predicted molar refractivity (Wildman–Crippen MR) is 104 cm³/mol. The summed E-state index contributed by atoms with van der Waals surface area (Å²) in [6, 6.07) is 8.88. The number of carbonyl (C=O) groups excluding carboxylic acids is 2. The lowest BCUT2D eigenvalue weighted by Crippen LogP contribution is -2.58. The number of piperidine rings is 1. The molecular weight excluding hydrogens is 326 g/mol. The highest BCUT2D eigenvalue weighted by Crippen LogP contribution is 2.35. The average Bonchev–Trinajstić information content (AvgIpc) is 2.65. The third kappa shape index (κ3) is 4.37. The molecule has 1 aromatic rings. The molecule has 1 heterocycles. The largest absolute Gasteiger partial charge is 0.338 e. The number of para-hydroxylation sites is 1. The smallest absolute Gasteiger partial charge is 0.319 e. The molecule has 3 rings (SSSR count). The average molecular weight is 357 g/mol. The van der Waals surface area contributed by atoms with Crippen LogP contribution >= 0.6 is 0 Å². The van der Waals surface area contributed by atoms with E-state index in [9.17, 15) is 9.59 Å². The Morgan fingerprint density at radius 3 is 2.46 bits per heavy atom. The van der Waals surface area contributed by atoms with Gasteiger partial charge in [-0.2, -0.15) is 0 Å². The van der Waals surface area contributed by atoms with Gasteiger partial charge in [0.15, 0.2) is 0 Å². The molecule has 0 spiro atoms. The highest BCUT2D eigenvalue weighted by Gasteiger charge is 2.39. The van der Waals surface area contributed by atoms with E-state index in [0.29, 0.717) is 12.0 Å². The van der Waals surface area contributed by atoms with Crippen LogP contribution in [0.5, 0.6) is 0 Å². The molecule has 5 heteroatoms. The van der Waals surface area contributed by atoms with E-state index in [2.05, 4.69) is 15.5 Å². The minimum absolute atomic E-state index is 0.0491. The second-order valence-electron chi connectivity index (χ2n) is 7.97. The van der Waals surface area contributed by atoms with Gasteiger partial charge in [-0.1, -0.05) is 44.9 Å². The van der Waals surface area contributed by atoms with Crippen LogP contribution in [-0.4, -0.2) is 35.5 Å². The number of amides is 3. The van der Waals surface area contributed by atoms with Gasteiger partial charge in [0, 0.05) is 18.3 Å². The minimum Gasteiger partial charge on any atom is -0.338 e. The van der Waals surface area contributed by atoms with Gasteiger partial charge in [0.2, 0.25) is 5.91 Å². The van der Waals surface area contributed by atoms with Crippen molar-refractivity contribution in [2.75, 3.05) is 11.9 Å². The lowest BCUT2D eigenvalue weighted by atomic mass is 9.78. The van der Waals surface area contributed by atoms with Crippen molar-refractivity contribution in [3.05, 3.63) is 30.3 Å². The van der Waals surface area contributed by atoms with Gasteiger partial charge < -0.3 is 15.5 Å². The third-order valence-corrected chi connectivity index (χ3v) is 5.78. The Morgan fingerprint density at radius 1 is 1.04 bits per heavy atom. The number of nitrogens with zero attached hydrogens (tertiary/aromatic N) is 1. The quantitative estimate of drug-likeness (QED) is 0.855. The first-order chi connectivity index (χ1) is 12.6. The van der Waals surface area contributed by atoms with Crippen LogP contribution in [0.4, 0.5) is 10.5 Å². The van der Waals surface area contributed by atoms with Crippen LogP contribution in [0.15, 0.2) is 30.3 Å². The zero-order chi connectivity index (χ0) is 18.5. The van der Waals surface area contributed by atoms with Crippen LogP contribution < -0.4 is 10.6 Å². The summed E-state index contributed by atoms with van der Waals surface area (Å²) in [5, 5.41) is 5.74. The molecule has 142 valence electrons. The van der Waals surface area contributed by atoms with E-state index in [-0.39, 0.29) is 17.9 Å². The maximum Gasteiger partial charge on any atom is 0.319 e. The van der Waals surface area contributed by atoms with E-state index >= 15 is 0 Å². The molecule has 2 N–H and O–H groups in total. The number of hydrogen-bond acceptors (Lipinski definition) is 2. The van der Waals surface area contributed by atoms with E-state index < -0.39 is 6.04 Å². The molecule has 0 aromatic heterocycles. The summed E-state index contributed by atoms with van der Waals surface area (Å²) in [7, 11) is 0. The number of likely N-dealkylation sites (tertiary alicyclic amines) is 1. The van der Waals surface area contributed by atoms with Crippen LogP contribution in [0, 0.1) is 11.8 Å². The summed E-state index contributed by atoms with van der Waals surface area (Å²) in [6.45, 7) is 4.81. The normalized spacial score (nSPS) is 23.9. The Kier molecular flexibility index (Phi) is 6.17. The fraction of sp³-hybridized carbons (Fsp3) is 0.619. The summed E-state index contributed by atoms with van der Waals surface area (Å²) in [4.78, 5) is 27.7. The second kappa shape index (κ2) is 8.56. The molecule has 2 fully saturated rings. The van der Waals surface area contributed by atoms with Gasteiger partial charge in [0.1, 0.15) is 6.04 Å². The van der Waals surface area contributed by atoms with Crippen molar-refractivity contribution in [1.29, 1.82) is 0 Å². The monoisotopic (exact) mass is 357 g/mol.